The third-order valence-corrected chi connectivity index (χ3v) is 9.54. The number of aliphatic hydroxyl groups excluding tert-OH is 1. The number of nitriles is 1. The first-order chi connectivity index (χ1) is 19.3. The molecular formula is C29H35F3N6O2. The standard InChI is InChI=1S/C29H35F3N6O2/c30-29(31,32)40-24-6-2-1-4-19(24)14-34-27-35-15-22(13-33)26(37-27)36-17-28-10-18-8-20(11-28)25(21(9-18)12-28)38-7-3-5-23(38)16-39/h1-2,4,6,15,18,20-21,23,25,39H,3,5,7-12,14,16-17H2,(H2,34,35,36,37)/t18?,20-,21+,23-,25?,28?/m1/s1. The third kappa shape index (κ3) is 5.44. The molecule has 214 valence electrons. The van der Waals surface area contributed by atoms with Crippen LogP contribution in [-0.4, -0.2) is 58.1 Å². The Morgan fingerprint density at radius 3 is 2.65 bits per heavy atom. The number of halogens is 3. The molecule has 2 aromatic rings. The first kappa shape index (κ1) is 27.1. The molecule has 0 spiro atoms. The van der Waals surface area contributed by atoms with E-state index >= 15 is 0 Å². The maximum Gasteiger partial charge on any atom is 0.573 e. The summed E-state index contributed by atoms with van der Waals surface area (Å²) in [5.41, 5.74) is 0.796. The third-order valence-electron chi connectivity index (χ3n) is 9.54. The van der Waals surface area contributed by atoms with Gasteiger partial charge in [0, 0.05) is 30.7 Å². The van der Waals surface area contributed by atoms with E-state index in [2.05, 4.69) is 36.3 Å². The van der Waals surface area contributed by atoms with Gasteiger partial charge in [-0.15, -0.1) is 13.2 Å². The Hall–Kier alpha value is -3.10. The van der Waals surface area contributed by atoms with Gasteiger partial charge in [-0.25, -0.2) is 4.98 Å². The molecule has 1 aliphatic heterocycles. The molecule has 5 fully saturated rings. The van der Waals surface area contributed by atoms with Crippen LogP contribution in [0, 0.1) is 34.5 Å². The number of hydrogen-bond acceptors (Lipinski definition) is 8. The van der Waals surface area contributed by atoms with Gasteiger partial charge in [-0.3, -0.25) is 4.90 Å². The van der Waals surface area contributed by atoms with Gasteiger partial charge >= 0.3 is 6.36 Å². The van der Waals surface area contributed by atoms with Gasteiger partial charge in [0.1, 0.15) is 23.2 Å². The number of ether oxygens (including phenoxy) is 1. The first-order valence-electron chi connectivity index (χ1n) is 14.2. The van der Waals surface area contributed by atoms with Gasteiger partial charge < -0.3 is 20.5 Å². The molecule has 2 heterocycles. The van der Waals surface area contributed by atoms with Gasteiger partial charge in [-0.05, 0) is 80.7 Å². The predicted octanol–water partition coefficient (Wildman–Crippen LogP) is 4.92. The summed E-state index contributed by atoms with van der Waals surface area (Å²) in [5.74, 6) is 2.37. The summed E-state index contributed by atoms with van der Waals surface area (Å²) in [6.45, 7) is 2.08. The second-order valence-corrected chi connectivity index (χ2v) is 12.1. The fourth-order valence-electron chi connectivity index (χ4n) is 8.37. The Bertz CT molecular complexity index is 1250. The van der Waals surface area contributed by atoms with Crippen molar-refractivity contribution < 1.29 is 23.0 Å². The Labute approximate surface area is 231 Å². The summed E-state index contributed by atoms with van der Waals surface area (Å²) >= 11 is 0. The number of benzene rings is 1. The molecule has 1 saturated heterocycles. The van der Waals surface area contributed by atoms with Gasteiger partial charge in [0.05, 0.1) is 12.8 Å². The monoisotopic (exact) mass is 556 g/mol. The maximum absolute atomic E-state index is 12.8. The van der Waals surface area contributed by atoms with Gasteiger partial charge in [-0.1, -0.05) is 18.2 Å². The number of nitrogens with one attached hydrogen (secondary N) is 2. The minimum Gasteiger partial charge on any atom is -0.405 e. The second-order valence-electron chi connectivity index (χ2n) is 12.1. The van der Waals surface area contributed by atoms with Crippen molar-refractivity contribution in [2.75, 3.05) is 30.3 Å². The zero-order valence-corrected chi connectivity index (χ0v) is 22.3. The van der Waals surface area contributed by atoms with E-state index in [1.165, 1.54) is 44.0 Å². The summed E-state index contributed by atoms with van der Waals surface area (Å²) in [6.07, 6.45) is 4.89. The molecule has 1 aromatic heterocycles. The second kappa shape index (κ2) is 10.7. The number of alkyl halides is 3. The van der Waals surface area contributed by atoms with Crippen molar-refractivity contribution in [1.29, 1.82) is 5.26 Å². The van der Waals surface area contributed by atoms with Gasteiger partial charge in [0.15, 0.2) is 0 Å². The van der Waals surface area contributed by atoms with Crippen molar-refractivity contribution in [1.82, 2.24) is 14.9 Å². The molecule has 6 atom stereocenters. The molecule has 3 N–H and O–H groups in total. The lowest BCUT2D eigenvalue weighted by atomic mass is 9.47. The summed E-state index contributed by atoms with van der Waals surface area (Å²) in [7, 11) is 0. The van der Waals surface area contributed by atoms with Gasteiger partial charge in [0.2, 0.25) is 5.95 Å². The average molecular weight is 557 g/mol. The lowest BCUT2D eigenvalue weighted by Crippen LogP contribution is -2.61. The Morgan fingerprint density at radius 1 is 1.15 bits per heavy atom. The van der Waals surface area contributed by atoms with E-state index in [0.717, 1.165) is 38.3 Å². The van der Waals surface area contributed by atoms with Crippen molar-refractivity contribution >= 4 is 11.8 Å². The molecule has 1 aromatic carbocycles. The highest BCUT2D eigenvalue weighted by atomic mass is 19.4. The molecule has 0 amide bonds. The highest BCUT2D eigenvalue weighted by molar-refractivity contribution is 5.53. The Kier molecular flexibility index (Phi) is 7.25. The van der Waals surface area contributed by atoms with E-state index in [4.69, 9.17) is 0 Å². The quantitative estimate of drug-likeness (QED) is 0.400. The van der Waals surface area contributed by atoms with Crippen LogP contribution in [0.5, 0.6) is 5.75 Å². The molecule has 4 bridgehead atoms. The zero-order valence-electron chi connectivity index (χ0n) is 22.3. The van der Waals surface area contributed by atoms with Crippen molar-refractivity contribution in [2.24, 2.45) is 23.2 Å². The van der Waals surface area contributed by atoms with Crippen LogP contribution >= 0.6 is 0 Å². The average Bonchev–Trinajstić information content (AvgIpc) is 3.38. The molecule has 4 aliphatic carbocycles. The first-order valence-corrected chi connectivity index (χ1v) is 14.2. The number of likely N-dealkylation sites (tertiary alicyclic amines) is 1. The smallest absolute Gasteiger partial charge is 0.405 e. The topological polar surface area (TPSA) is 106 Å². The van der Waals surface area contributed by atoms with Gasteiger partial charge in [0.25, 0.3) is 0 Å². The number of hydrogen-bond donors (Lipinski definition) is 3. The van der Waals surface area contributed by atoms with E-state index in [1.54, 1.807) is 12.1 Å². The number of aromatic nitrogens is 2. The van der Waals surface area contributed by atoms with Crippen LogP contribution in [0.1, 0.15) is 56.1 Å². The molecule has 0 radical (unpaired) electrons. The lowest BCUT2D eigenvalue weighted by Gasteiger charge is -2.62. The number of para-hydroxylation sites is 1. The van der Waals surface area contributed by atoms with Crippen LogP contribution in [0.25, 0.3) is 0 Å². The lowest BCUT2D eigenvalue weighted by molar-refractivity contribution is -0.274. The van der Waals surface area contributed by atoms with Crippen molar-refractivity contribution in [3.8, 4) is 11.8 Å². The molecule has 8 nitrogen and oxygen atoms in total. The van der Waals surface area contributed by atoms with Crippen molar-refractivity contribution in [3.63, 3.8) is 0 Å². The SMILES string of the molecule is N#Cc1cnc(NCc2ccccc2OC(F)(F)F)nc1NCC12CC3C[C@H](C1)C(N1CCC[C@@H]1CO)[C@@H](C3)C2. The van der Waals surface area contributed by atoms with Crippen LogP contribution in [0.15, 0.2) is 30.5 Å². The van der Waals surface area contributed by atoms with Crippen LogP contribution in [-0.2, 0) is 6.54 Å². The molecule has 40 heavy (non-hydrogen) atoms. The fraction of sp³-hybridized carbons (Fsp3) is 0.621. The van der Waals surface area contributed by atoms with E-state index in [-0.39, 0.29) is 30.3 Å². The normalized spacial score (nSPS) is 31.2. The molecular weight excluding hydrogens is 521 g/mol. The van der Waals surface area contributed by atoms with Crippen LogP contribution in [0.2, 0.25) is 0 Å². The molecule has 7 rings (SSSR count). The highest BCUT2D eigenvalue weighted by Crippen LogP contribution is 2.61. The predicted molar refractivity (Wildman–Crippen MR) is 142 cm³/mol. The molecule has 11 heteroatoms. The van der Waals surface area contributed by atoms with Crippen molar-refractivity contribution in [2.45, 2.75) is 69.9 Å². The Morgan fingerprint density at radius 2 is 1.93 bits per heavy atom. The summed E-state index contributed by atoms with van der Waals surface area (Å²) < 4.78 is 42.5. The molecule has 5 aliphatic rings. The number of nitrogens with zero attached hydrogens (tertiary/aromatic N) is 4. The van der Waals surface area contributed by atoms with E-state index in [0.29, 0.717) is 40.9 Å². The highest BCUT2D eigenvalue weighted by Gasteiger charge is 2.57. The number of aliphatic hydroxyl groups is 1. The van der Waals surface area contributed by atoms with Crippen LogP contribution < -0.4 is 15.4 Å². The van der Waals surface area contributed by atoms with Crippen LogP contribution in [0.4, 0.5) is 24.9 Å². The summed E-state index contributed by atoms with van der Waals surface area (Å²) in [5, 5.41) is 26.1. The fourth-order valence-corrected chi connectivity index (χ4v) is 8.37. The largest absolute Gasteiger partial charge is 0.573 e. The zero-order chi connectivity index (χ0) is 27.9. The van der Waals surface area contributed by atoms with Crippen LogP contribution in [0.3, 0.4) is 0 Å². The number of anilines is 2. The van der Waals surface area contributed by atoms with Gasteiger partial charge in [-0.2, -0.15) is 10.2 Å². The Balaban J connectivity index is 1.13. The molecule has 3 unspecified atom stereocenters. The van der Waals surface area contributed by atoms with E-state index in [1.807, 2.05) is 0 Å². The maximum atomic E-state index is 12.8. The summed E-state index contributed by atoms with van der Waals surface area (Å²) in [6, 6.07) is 8.95. The van der Waals surface area contributed by atoms with E-state index in [9.17, 15) is 23.5 Å². The minimum absolute atomic E-state index is 0.0271. The number of rotatable bonds is 9. The van der Waals surface area contributed by atoms with E-state index < -0.39 is 6.36 Å². The minimum atomic E-state index is -4.79. The summed E-state index contributed by atoms with van der Waals surface area (Å²) in [4.78, 5) is 11.3. The molecule has 4 saturated carbocycles. The van der Waals surface area contributed by atoms with Crippen molar-refractivity contribution in [3.05, 3.63) is 41.6 Å².